The van der Waals surface area contributed by atoms with Crippen LogP contribution in [0.4, 0.5) is 11.6 Å². The number of hydrogen-bond donors (Lipinski definition) is 2. The molecular weight excluding hydrogens is 391 g/mol. The summed E-state index contributed by atoms with van der Waals surface area (Å²) in [5, 5.41) is 3.42. The minimum atomic E-state index is -0.368. The van der Waals surface area contributed by atoms with Gasteiger partial charge in [-0.25, -0.2) is 9.97 Å². The molecule has 8 nitrogen and oxygen atoms in total. The Morgan fingerprint density at radius 1 is 1.21 bits per heavy atom. The first-order chi connectivity index (χ1) is 13.5. The third-order valence-corrected chi connectivity index (χ3v) is 5.62. The second-order valence-electron chi connectivity index (χ2n) is 5.86. The summed E-state index contributed by atoms with van der Waals surface area (Å²) in [6, 6.07) is 10.8. The molecule has 3 heterocycles. The van der Waals surface area contributed by atoms with Crippen molar-refractivity contribution in [2.75, 3.05) is 11.1 Å². The first-order valence-electron chi connectivity index (χ1n) is 8.24. The molecule has 0 aliphatic heterocycles. The zero-order chi connectivity index (χ0) is 19.7. The minimum Gasteiger partial charge on any atom is -0.368 e. The number of nitrogens with one attached hydrogen (secondary N) is 1. The van der Waals surface area contributed by atoms with Crippen LogP contribution in [0, 0.1) is 0 Å². The van der Waals surface area contributed by atoms with E-state index < -0.39 is 0 Å². The molecule has 0 saturated heterocycles. The van der Waals surface area contributed by atoms with E-state index in [2.05, 4.69) is 36.6 Å². The van der Waals surface area contributed by atoms with Gasteiger partial charge < -0.3 is 15.6 Å². The van der Waals surface area contributed by atoms with Crippen LogP contribution in [0.25, 0.3) is 20.7 Å². The molecule has 2 radical (unpaired) electrons. The number of carbonyl (C=O) groups excluding carboxylic acids is 1. The van der Waals surface area contributed by atoms with Gasteiger partial charge in [0, 0.05) is 16.8 Å². The van der Waals surface area contributed by atoms with Crippen molar-refractivity contribution < 1.29 is 4.79 Å². The van der Waals surface area contributed by atoms with Crippen molar-refractivity contribution in [1.29, 1.82) is 0 Å². The Labute approximate surface area is 171 Å². The summed E-state index contributed by atoms with van der Waals surface area (Å²) in [5.41, 5.74) is 7.90. The van der Waals surface area contributed by atoms with E-state index in [1.807, 2.05) is 22.8 Å². The molecule has 0 aliphatic rings. The Balaban J connectivity index is 1.60. The smallest absolute Gasteiger partial charge is 0.290 e. The SMILES string of the molecule is Nc1nccc(C(=O)Nc2ccc(-c3cc4c(s3)c(=O)ncn4[CH2][Al])cc2)n1. The van der Waals surface area contributed by atoms with Crippen molar-refractivity contribution in [2.45, 2.75) is 5.41 Å². The van der Waals surface area contributed by atoms with E-state index in [-0.39, 0.29) is 23.1 Å². The van der Waals surface area contributed by atoms with Crippen LogP contribution in [-0.4, -0.2) is 41.7 Å². The van der Waals surface area contributed by atoms with Crippen LogP contribution < -0.4 is 16.6 Å². The van der Waals surface area contributed by atoms with Crippen LogP contribution in [0.5, 0.6) is 0 Å². The second-order valence-corrected chi connectivity index (χ2v) is 7.28. The number of rotatable bonds is 4. The third kappa shape index (κ3) is 3.53. The lowest BCUT2D eigenvalue weighted by Gasteiger charge is -2.06. The number of thiophene rings is 1. The number of nitrogen functional groups attached to an aromatic ring is 1. The van der Waals surface area contributed by atoms with Crippen molar-refractivity contribution in [3.8, 4) is 10.4 Å². The monoisotopic (exact) mass is 404 g/mol. The van der Waals surface area contributed by atoms with E-state index >= 15 is 0 Å². The predicted octanol–water partition coefficient (Wildman–Crippen LogP) is 1.88. The van der Waals surface area contributed by atoms with Gasteiger partial charge in [-0.3, -0.25) is 9.59 Å². The van der Waals surface area contributed by atoms with Crippen molar-refractivity contribution in [3.63, 3.8) is 0 Å². The van der Waals surface area contributed by atoms with Gasteiger partial charge >= 0.3 is 0 Å². The number of nitrogens with two attached hydrogens (primary N) is 1. The quantitative estimate of drug-likeness (QED) is 0.502. The van der Waals surface area contributed by atoms with Gasteiger partial charge in [-0.05, 0) is 35.2 Å². The number of anilines is 2. The minimum absolute atomic E-state index is 0.0442. The first-order valence-corrected chi connectivity index (χ1v) is 9.88. The summed E-state index contributed by atoms with van der Waals surface area (Å²) in [6.07, 6.45) is 2.98. The van der Waals surface area contributed by atoms with E-state index in [1.54, 1.807) is 18.5 Å². The second kappa shape index (κ2) is 7.52. The molecule has 28 heavy (non-hydrogen) atoms. The predicted molar refractivity (Wildman–Crippen MR) is 109 cm³/mol. The van der Waals surface area contributed by atoms with E-state index in [0.717, 1.165) is 16.0 Å². The van der Waals surface area contributed by atoms with Crippen molar-refractivity contribution in [3.05, 3.63) is 65.0 Å². The van der Waals surface area contributed by atoms with E-state index in [4.69, 9.17) is 5.73 Å². The lowest BCUT2D eigenvalue weighted by molar-refractivity contribution is 0.102. The fraction of sp³-hybridized carbons (Fsp3) is 0.0556. The fourth-order valence-corrected chi connectivity index (χ4v) is 4.05. The highest BCUT2D eigenvalue weighted by Crippen LogP contribution is 2.32. The molecule has 0 saturated carbocycles. The molecule has 0 bridgehead atoms. The number of aromatic nitrogens is 4. The Morgan fingerprint density at radius 3 is 2.71 bits per heavy atom. The standard InChI is InChI=1S/C18H13N6O2S.Al/c1-24-9-21-17(26)15-13(24)8-14(27-15)10-2-4-11(5-3-10)22-16(25)12-6-7-20-18(19)23-12;/h2-9H,1H2,(H,22,25)(H2,19,20,23);. The van der Waals surface area contributed by atoms with Gasteiger partial charge in [-0.1, -0.05) is 12.1 Å². The number of benzene rings is 1. The van der Waals surface area contributed by atoms with Gasteiger partial charge in [0.05, 0.1) is 11.8 Å². The molecule has 0 spiro atoms. The fourth-order valence-electron chi connectivity index (χ4n) is 2.69. The van der Waals surface area contributed by atoms with Crippen molar-refractivity contribution in [2.24, 2.45) is 0 Å². The summed E-state index contributed by atoms with van der Waals surface area (Å²) in [5.74, 6) is -0.324. The first kappa shape index (κ1) is 18.3. The van der Waals surface area contributed by atoms with Gasteiger partial charge in [0.2, 0.25) is 5.95 Å². The molecule has 1 aromatic carbocycles. The maximum Gasteiger partial charge on any atom is 0.290 e. The third-order valence-electron chi connectivity index (χ3n) is 4.06. The van der Waals surface area contributed by atoms with Gasteiger partial charge in [-0.2, -0.15) is 4.98 Å². The molecule has 0 atom stereocenters. The molecule has 3 N–H and O–H groups in total. The summed E-state index contributed by atoms with van der Waals surface area (Å²) >= 11 is 4.02. The molecule has 4 rings (SSSR count). The van der Waals surface area contributed by atoms with E-state index in [1.165, 1.54) is 23.6 Å². The molecular formula is C18H13AlN6O2S. The van der Waals surface area contributed by atoms with Crippen LogP contribution in [0.3, 0.4) is 0 Å². The zero-order valence-electron chi connectivity index (χ0n) is 14.5. The zero-order valence-corrected chi connectivity index (χ0v) is 16.5. The Morgan fingerprint density at radius 2 is 2.00 bits per heavy atom. The number of carbonyl (C=O) groups is 1. The molecule has 0 unspecified atom stereocenters. The van der Waals surface area contributed by atoms with Gasteiger partial charge in [0.25, 0.3) is 11.5 Å². The molecule has 0 aliphatic carbocycles. The molecule has 3 aromatic heterocycles. The maximum atomic E-state index is 12.2. The van der Waals surface area contributed by atoms with Crippen LogP contribution >= 0.6 is 11.3 Å². The lowest BCUT2D eigenvalue weighted by Crippen LogP contribution is -2.14. The average molecular weight is 404 g/mol. The molecule has 1 amide bonds. The van der Waals surface area contributed by atoms with E-state index in [0.29, 0.717) is 15.8 Å². The van der Waals surface area contributed by atoms with Gasteiger partial charge in [0.1, 0.15) is 10.4 Å². The van der Waals surface area contributed by atoms with Crippen molar-refractivity contribution >= 4 is 55.4 Å². The Kier molecular flexibility index (Phi) is 4.92. The molecule has 0 fully saturated rings. The summed E-state index contributed by atoms with van der Waals surface area (Å²) in [4.78, 5) is 36.8. The van der Waals surface area contributed by atoms with Crippen LogP contribution in [0.1, 0.15) is 10.5 Å². The largest absolute Gasteiger partial charge is 0.368 e. The molecule has 136 valence electrons. The Bertz CT molecular complexity index is 1240. The van der Waals surface area contributed by atoms with Gasteiger partial charge in [0.15, 0.2) is 16.3 Å². The number of hydrogen-bond acceptors (Lipinski definition) is 7. The van der Waals surface area contributed by atoms with Crippen molar-refractivity contribution in [1.82, 2.24) is 19.5 Å². The number of fused-ring (bicyclic) bond motifs is 1. The van der Waals surface area contributed by atoms with Crippen LogP contribution in [0.2, 0.25) is 0 Å². The highest BCUT2D eigenvalue weighted by molar-refractivity contribution is 7.22. The van der Waals surface area contributed by atoms with Crippen LogP contribution in [-0.2, 0) is 5.41 Å². The van der Waals surface area contributed by atoms with Crippen LogP contribution in [0.15, 0.2) is 53.7 Å². The summed E-state index contributed by atoms with van der Waals surface area (Å²) in [7, 11) is 0. The van der Waals surface area contributed by atoms with Gasteiger partial charge in [-0.15, -0.1) is 11.3 Å². The topological polar surface area (TPSA) is 116 Å². The number of amides is 1. The normalized spacial score (nSPS) is 10.9. The highest BCUT2D eigenvalue weighted by atomic mass is 32.1. The molecule has 10 heteroatoms. The Hall–Kier alpha value is -3.06. The summed E-state index contributed by atoms with van der Waals surface area (Å²) in [6.45, 7) is 0. The summed E-state index contributed by atoms with van der Waals surface area (Å²) < 4.78 is 2.53. The maximum absolute atomic E-state index is 12.2. The number of nitrogens with zero attached hydrogens (tertiary/aromatic N) is 4. The lowest BCUT2D eigenvalue weighted by atomic mass is 10.1. The average Bonchev–Trinajstić information content (AvgIpc) is 3.15. The van der Waals surface area contributed by atoms with E-state index in [9.17, 15) is 9.59 Å². The highest BCUT2D eigenvalue weighted by Gasteiger charge is 2.11. The molecule has 4 aromatic rings.